The van der Waals surface area contributed by atoms with E-state index in [1.165, 1.54) is 52.8 Å². The van der Waals surface area contributed by atoms with Gasteiger partial charge in [0.1, 0.15) is 11.7 Å². The maximum absolute atomic E-state index is 13.0. The monoisotopic (exact) mass is 530 g/mol. The van der Waals surface area contributed by atoms with Gasteiger partial charge in [-0.25, -0.2) is 9.59 Å². The highest BCUT2D eigenvalue weighted by molar-refractivity contribution is 8.03. The summed E-state index contributed by atoms with van der Waals surface area (Å²) in [6.45, 7) is 3.46. The van der Waals surface area contributed by atoms with Crippen LogP contribution in [0.15, 0.2) is 34.9 Å². The average Bonchev–Trinajstić information content (AvgIpc) is 3.32. The van der Waals surface area contributed by atoms with Gasteiger partial charge in [-0.1, -0.05) is 13.0 Å². The van der Waals surface area contributed by atoms with Gasteiger partial charge in [0.2, 0.25) is 11.8 Å². The molecular formula is C23H24N3O8SSi. The van der Waals surface area contributed by atoms with Gasteiger partial charge < -0.3 is 30.4 Å². The van der Waals surface area contributed by atoms with E-state index in [-0.39, 0.29) is 41.1 Å². The van der Waals surface area contributed by atoms with E-state index in [1.54, 1.807) is 6.92 Å². The molecule has 189 valence electrons. The zero-order chi connectivity index (χ0) is 26.5. The second kappa shape index (κ2) is 9.71. The first-order valence-electron chi connectivity index (χ1n) is 11.2. The summed E-state index contributed by atoms with van der Waals surface area (Å²) in [5, 5.41) is 31.3. The first-order valence-corrected chi connectivity index (χ1v) is 12.6. The fourth-order valence-electron chi connectivity index (χ4n) is 5.17. The number of aliphatic hydroxyl groups is 1. The third-order valence-corrected chi connectivity index (χ3v) is 8.59. The molecule has 36 heavy (non-hydrogen) atoms. The highest BCUT2D eigenvalue weighted by Crippen LogP contribution is 2.52. The van der Waals surface area contributed by atoms with Crippen molar-refractivity contribution in [1.29, 1.82) is 0 Å². The van der Waals surface area contributed by atoms with Crippen molar-refractivity contribution in [2.24, 2.45) is 11.8 Å². The summed E-state index contributed by atoms with van der Waals surface area (Å²) in [7, 11) is 2.97. The van der Waals surface area contributed by atoms with Crippen LogP contribution in [0, 0.1) is 11.8 Å². The first-order chi connectivity index (χ1) is 16.9. The molecule has 13 heteroatoms. The van der Waals surface area contributed by atoms with Crippen LogP contribution < -0.4 is 5.32 Å². The molecule has 0 aromatic heterocycles. The Kier molecular flexibility index (Phi) is 6.99. The predicted octanol–water partition coefficient (Wildman–Crippen LogP) is 0.942. The first kappa shape index (κ1) is 25.9. The van der Waals surface area contributed by atoms with Crippen LogP contribution in [0.3, 0.4) is 0 Å². The summed E-state index contributed by atoms with van der Waals surface area (Å²) >= 11 is 1.23. The van der Waals surface area contributed by atoms with Crippen LogP contribution >= 0.6 is 11.8 Å². The maximum atomic E-state index is 13.0. The number of thioether (sulfide) groups is 1. The number of fused-ring (bicyclic) bond motifs is 1. The molecule has 0 saturated carbocycles. The number of amides is 3. The van der Waals surface area contributed by atoms with E-state index in [0.29, 0.717) is 4.91 Å². The predicted molar refractivity (Wildman–Crippen MR) is 129 cm³/mol. The minimum atomic E-state index is -1.25. The number of carbonyl (C=O) groups is 5. The number of anilines is 1. The minimum Gasteiger partial charge on any atom is -0.478 e. The number of nitrogens with one attached hydrogen (secondary N) is 1. The zero-order valence-electron chi connectivity index (χ0n) is 19.4. The molecule has 3 radical (unpaired) electrons. The molecule has 0 spiro atoms. The Hall–Kier alpha value is -3.16. The van der Waals surface area contributed by atoms with E-state index in [9.17, 15) is 34.2 Å². The summed E-state index contributed by atoms with van der Waals surface area (Å²) in [5.41, 5.74) is -0.366. The molecule has 3 heterocycles. The maximum Gasteiger partial charge on any atom is 0.353 e. The molecule has 0 unspecified atom stereocenters. The van der Waals surface area contributed by atoms with E-state index in [0.717, 1.165) is 0 Å². The molecule has 3 aliphatic heterocycles. The second-order valence-electron chi connectivity index (χ2n) is 9.10. The Balaban J connectivity index is 1.53. The van der Waals surface area contributed by atoms with Crippen molar-refractivity contribution in [3.8, 4) is 0 Å². The number of hydrogen-bond acceptors (Lipinski definition) is 7. The van der Waals surface area contributed by atoms with E-state index < -0.39 is 53.4 Å². The number of aliphatic hydroxyl groups excluding tert-OH is 1. The number of hydrogen-bond donors (Lipinski definition) is 4. The van der Waals surface area contributed by atoms with Gasteiger partial charge in [0.15, 0.2) is 15.8 Å². The quantitative estimate of drug-likeness (QED) is 0.297. The van der Waals surface area contributed by atoms with Crippen molar-refractivity contribution in [2.75, 3.05) is 11.9 Å². The van der Waals surface area contributed by atoms with E-state index >= 15 is 0 Å². The normalized spacial score (nSPS) is 28.0. The number of rotatable bonds is 7. The lowest BCUT2D eigenvalue weighted by Gasteiger charge is -2.46. The number of β-lactam (4-membered cyclic amide) rings is 1. The lowest BCUT2D eigenvalue weighted by molar-refractivity contribution is -0.163. The number of carboxylic acid groups (broad SMARTS) is 2. The summed E-state index contributed by atoms with van der Waals surface area (Å²) in [6.07, 6.45) is -0.701. The Bertz CT molecular complexity index is 1190. The average molecular weight is 531 g/mol. The molecule has 0 bridgehead atoms. The zero-order valence-corrected chi connectivity index (χ0v) is 21.2. The molecule has 6 atom stereocenters. The topological polar surface area (TPSA) is 165 Å². The standard InChI is InChI=1S/C23H24N3O8SSi/c1-9-16-15(10(2)27)20(29)26(16)17(22(32)33)18(9)35-13-7-14(25(8-13)23(34)36)19(28)24-12-5-3-4-11(6-12)21(30)31/h3-6,9-10,13-16,27H,7-8H2,1-2H3,(H,24,28)(H,30,31)(H,32,33)/t9-,10-,13+,14+,15-,16-/m1/s1. The summed E-state index contributed by atoms with van der Waals surface area (Å²) in [4.78, 5) is 64.1. The molecular weight excluding hydrogens is 506 g/mol. The third kappa shape index (κ3) is 4.42. The van der Waals surface area contributed by atoms with Crippen molar-refractivity contribution < 1.29 is 39.3 Å². The van der Waals surface area contributed by atoms with Crippen molar-refractivity contribution in [3.63, 3.8) is 0 Å². The van der Waals surface area contributed by atoms with Gasteiger partial charge in [-0.3, -0.25) is 14.4 Å². The number of aromatic carboxylic acids is 1. The van der Waals surface area contributed by atoms with Gasteiger partial charge in [0.05, 0.1) is 23.6 Å². The second-order valence-corrected chi connectivity index (χ2v) is 10.9. The van der Waals surface area contributed by atoms with Gasteiger partial charge in [-0.15, -0.1) is 11.8 Å². The smallest absolute Gasteiger partial charge is 0.353 e. The molecule has 2 saturated heterocycles. The Morgan fingerprint density at radius 1 is 1.19 bits per heavy atom. The van der Waals surface area contributed by atoms with Gasteiger partial charge in [0.25, 0.3) is 0 Å². The van der Waals surface area contributed by atoms with Gasteiger partial charge in [0, 0.05) is 28.3 Å². The van der Waals surface area contributed by atoms with E-state index in [4.69, 9.17) is 5.11 Å². The van der Waals surface area contributed by atoms with Crippen molar-refractivity contribution in [2.45, 2.75) is 43.7 Å². The Morgan fingerprint density at radius 3 is 2.47 bits per heavy atom. The van der Waals surface area contributed by atoms with Crippen molar-refractivity contribution in [1.82, 2.24) is 9.80 Å². The molecule has 2 fully saturated rings. The number of likely N-dealkylation sites (tertiary alicyclic amines) is 1. The van der Waals surface area contributed by atoms with Gasteiger partial charge >= 0.3 is 11.9 Å². The molecule has 4 rings (SSSR count). The molecule has 3 aliphatic rings. The molecule has 0 aliphatic carbocycles. The van der Waals surface area contributed by atoms with E-state index in [1.807, 2.05) is 0 Å². The SMILES string of the molecule is C[C@@H](O)[C@H]1C(=O)N2C(C(=O)O)=C(S[C@H]3C[C@@H](C(=O)Nc4cccc(C(=O)O)c4)N(C(=O)[Si])C3)[C@H](C)[C@H]12. The van der Waals surface area contributed by atoms with Crippen LogP contribution in [0.2, 0.25) is 0 Å². The van der Waals surface area contributed by atoms with Crippen molar-refractivity contribution in [3.05, 3.63) is 40.4 Å². The highest BCUT2D eigenvalue weighted by Gasteiger charge is 2.60. The van der Waals surface area contributed by atoms with Crippen LogP contribution in [-0.4, -0.2) is 94.6 Å². The fraction of sp³-hybridized carbons (Fsp3) is 0.435. The Labute approximate surface area is 213 Å². The lowest BCUT2D eigenvalue weighted by Crippen LogP contribution is -2.63. The molecule has 4 N–H and O–H groups in total. The molecule has 1 aromatic carbocycles. The van der Waals surface area contributed by atoms with Crippen molar-refractivity contribution >= 4 is 57.0 Å². The summed E-state index contributed by atoms with van der Waals surface area (Å²) < 4.78 is 0. The fourth-order valence-corrected chi connectivity index (χ4v) is 6.94. The summed E-state index contributed by atoms with van der Waals surface area (Å²) in [6, 6.07) is 4.39. The number of carbonyl (C=O) groups excluding carboxylic acids is 3. The number of aliphatic carboxylic acids is 1. The van der Waals surface area contributed by atoms with Crippen LogP contribution in [0.1, 0.15) is 30.6 Å². The van der Waals surface area contributed by atoms with Crippen LogP contribution in [0.4, 0.5) is 10.5 Å². The highest BCUT2D eigenvalue weighted by atomic mass is 32.2. The van der Waals surface area contributed by atoms with Gasteiger partial charge in [-0.05, 0) is 31.5 Å². The third-order valence-electron chi connectivity index (χ3n) is 6.81. The molecule has 1 aromatic rings. The lowest BCUT2D eigenvalue weighted by atomic mass is 9.79. The molecule has 3 amide bonds. The minimum absolute atomic E-state index is 0.00116. The number of benzene rings is 1. The van der Waals surface area contributed by atoms with Gasteiger partial charge in [-0.2, -0.15) is 0 Å². The van der Waals surface area contributed by atoms with Crippen LogP contribution in [0.25, 0.3) is 0 Å². The summed E-state index contributed by atoms with van der Waals surface area (Å²) in [5.74, 6) is -4.35. The number of nitrogens with zero attached hydrogens (tertiary/aromatic N) is 2. The largest absolute Gasteiger partial charge is 0.478 e. The van der Waals surface area contributed by atoms with Crippen LogP contribution in [-0.2, 0) is 14.4 Å². The van der Waals surface area contributed by atoms with E-state index in [2.05, 4.69) is 15.6 Å². The number of carboxylic acids is 2. The Morgan fingerprint density at radius 2 is 1.89 bits per heavy atom. The molecule has 11 nitrogen and oxygen atoms in total. The van der Waals surface area contributed by atoms with Crippen LogP contribution in [0.5, 0.6) is 0 Å².